The number of hydrogen-bond donors (Lipinski definition) is 11. The summed E-state index contributed by atoms with van der Waals surface area (Å²) in [7, 11) is -16.5. The van der Waals surface area contributed by atoms with Crippen molar-refractivity contribution in [2.24, 2.45) is 5.41 Å². The number of hydrogen-bond acceptors (Lipinski definition) is 21. The maximum Gasteiger partial charge on any atom is 0.481 e. The number of anilines is 1. The number of aliphatic hydroxyl groups is 2. The molecule has 63 heavy (non-hydrogen) atoms. The third-order valence-corrected chi connectivity index (χ3v) is 13.3. The standard InChI is InChI=1S/C30H49N8O20P3S2/c1-30(2,24(44)27(45)33-8-6-18(39)32-9-11-63-29(46)16(7-10-62-3)37-19(40)4-5-20(41)42)13-55-61(52,53)58-60(50,51)54-12-17-23(57-59(47,48)49)22(43)28(56-17)38-15-36-21-25(31)34-14-35-26(21)38/h14-17,22-24,28,43-44H,4-13H2,1-3H3,(H,32,39)(H,33,45)(H,37,40)(H,41,42)(H,50,51)(H,52,53)(H2,31,34,35)(H2,47,48,49). The van der Waals surface area contributed by atoms with Gasteiger partial charge in [-0.3, -0.25) is 42.1 Å². The molecule has 1 fully saturated rings. The lowest BCUT2D eigenvalue weighted by Crippen LogP contribution is -2.46. The molecule has 1 aliphatic rings. The summed E-state index contributed by atoms with van der Waals surface area (Å²) in [5, 5.41) is 37.3. The molecule has 0 aliphatic carbocycles. The van der Waals surface area contributed by atoms with Crippen LogP contribution >= 0.6 is 47.0 Å². The number of nitrogens with one attached hydrogen (secondary N) is 3. The van der Waals surface area contributed by atoms with E-state index in [0.29, 0.717) is 12.2 Å². The molecule has 0 radical (unpaired) electrons. The molecular weight excluding hydrogens is 949 g/mol. The molecule has 8 atom stereocenters. The minimum absolute atomic E-state index is 0.0142. The van der Waals surface area contributed by atoms with E-state index in [9.17, 15) is 67.5 Å². The Bertz CT molecular complexity index is 2080. The van der Waals surface area contributed by atoms with Crippen LogP contribution in [0, 0.1) is 5.41 Å². The number of carboxylic acid groups (broad SMARTS) is 1. The van der Waals surface area contributed by atoms with Crippen LogP contribution in [0.1, 0.15) is 45.8 Å². The third kappa shape index (κ3) is 17.6. The highest BCUT2D eigenvalue weighted by atomic mass is 32.2. The Hall–Kier alpha value is -3.15. The number of nitrogen functional groups attached to an aromatic ring is 1. The molecule has 2 aromatic heterocycles. The van der Waals surface area contributed by atoms with Crippen molar-refractivity contribution < 1.29 is 95.2 Å². The summed E-state index contributed by atoms with van der Waals surface area (Å²) in [5.41, 5.74) is 4.18. The molecule has 33 heteroatoms. The van der Waals surface area contributed by atoms with Gasteiger partial charge in [0.05, 0.1) is 32.0 Å². The predicted octanol–water partition coefficient (Wildman–Crippen LogP) is -1.23. The van der Waals surface area contributed by atoms with Crippen LogP contribution in [0.25, 0.3) is 11.2 Å². The van der Waals surface area contributed by atoms with Gasteiger partial charge in [0.1, 0.15) is 36.3 Å². The second kappa shape index (κ2) is 23.9. The molecular formula is C30H49N8O20P3S2. The van der Waals surface area contributed by atoms with Gasteiger partial charge in [0.25, 0.3) is 0 Å². The summed E-state index contributed by atoms with van der Waals surface area (Å²) in [6.45, 7) is 0.106. The van der Waals surface area contributed by atoms with E-state index in [1.165, 1.54) is 25.6 Å². The van der Waals surface area contributed by atoms with Gasteiger partial charge in [0, 0.05) is 37.1 Å². The number of amides is 3. The summed E-state index contributed by atoms with van der Waals surface area (Å²) in [4.78, 5) is 111. The first-order valence-corrected chi connectivity index (χ1v) is 25.2. The van der Waals surface area contributed by atoms with E-state index in [2.05, 4.69) is 39.7 Å². The monoisotopic (exact) mass is 998 g/mol. The van der Waals surface area contributed by atoms with Gasteiger partial charge in [-0.2, -0.15) is 16.1 Å². The van der Waals surface area contributed by atoms with Crippen LogP contribution in [0.3, 0.4) is 0 Å². The highest BCUT2D eigenvalue weighted by Crippen LogP contribution is 2.61. The Labute approximate surface area is 366 Å². The van der Waals surface area contributed by atoms with Crippen molar-refractivity contribution in [2.45, 2.75) is 76.2 Å². The molecule has 0 spiro atoms. The number of aliphatic hydroxyl groups excluding tert-OH is 2. The number of imidazole rings is 1. The predicted molar refractivity (Wildman–Crippen MR) is 219 cm³/mol. The van der Waals surface area contributed by atoms with Crippen LogP contribution in [0.2, 0.25) is 0 Å². The first-order valence-electron chi connectivity index (χ1n) is 18.3. The van der Waals surface area contributed by atoms with Crippen LogP contribution in [0.15, 0.2) is 12.7 Å². The summed E-state index contributed by atoms with van der Waals surface area (Å²) >= 11 is 2.31. The Kier molecular flexibility index (Phi) is 20.5. The quantitative estimate of drug-likeness (QED) is 0.0369. The van der Waals surface area contributed by atoms with Crippen molar-refractivity contribution >= 4 is 92.8 Å². The van der Waals surface area contributed by atoms with Gasteiger partial charge in [-0.15, -0.1) is 0 Å². The Morgan fingerprint density at radius 1 is 0.968 bits per heavy atom. The van der Waals surface area contributed by atoms with Crippen LogP contribution in [0.5, 0.6) is 0 Å². The van der Waals surface area contributed by atoms with Crippen molar-refractivity contribution in [3.63, 3.8) is 0 Å². The number of rotatable bonds is 27. The fraction of sp³-hybridized carbons (Fsp3) is 0.667. The van der Waals surface area contributed by atoms with E-state index < -0.39 is 102 Å². The lowest BCUT2D eigenvalue weighted by molar-refractivity contribution is -0.139. The zero-order chi connectivity index (χ0) is 47.3. The zero-order valence-corrected chi connectivity index (χ0v) is 38.0. The van der Waals surface area contributed by atoms with Crippen LogP contribution < -0.4 is 21.7 Å². The fourth-order valence-corrected chi connectivity index (χ4v) is 9.44. The minimum Gasteiger partial charge on any atom is -0.481 e. The second-order valence-electron chi connectivity index (χ2n) is 14.0. The molecule has 0 saturated carbocycles. The van der Waals surface area contributed by atoms with Crippen LogP contribution in [-0.2, 0) is 60.3 Å². The SMILES string of the molecule is CSCCC(NC(=O)CCC(=O)O)C(=O)SCCNC(=O)CCNC(=O)C(O)C(C)(C)COP(=O)(O)OP(=O)(O)OCC1OC(n2cnc3c(N)ncnc32)C(O)C1OP(=O)(O)O. The average molecular weight is 999 g/mol. The molecule has 8 unspecified atom stereocenters. The first kappa shape index (κ1) is 54.2. The van der Waals surface area contributed by atoms with Gasteiger partial charge >= 0.3 is 29.4 Å². The third-order valence-electron chi connectivity index (χ3n) is 8.54. The summed E-state index contributed by atoms with van der Waals surface area (Å²) in [5.74, 6) is -2.68. The molecule has 356 valence electrons. The zero-order valence-electron chi connectivity index (χ0n) is 33.7. The van der Waals surface area contributed by atoms with Crippen molar-refractivity contribution in [3.05, 3.63) is 12.7 Å². The number of nitrogens with zero attached hydrogens (tertiary/aromatic N) is 4. The number of carbonyl (C=O) groups excluding carboxylic acids is 4. The molecule has 1 aliphatic heterocycles. The molecule has 12 N–H and O–H groups in total. The largest absolute Gasteiger partial charge is 0.481 e. The van der Waals surface area contributed by atoms with Gasteiger partial charge in [0.2, 0.25) is 22.8 Å². The smallest absolute Gasteiger partial charge is 0.481 e. The average Bonchev–Trinajstić information content (AvgIpc) is 3.75. The fourth-order valence-electron chi connectivity index (χ4n) is 5.35. The molecule has 0 bridgehead atoms. The molecule has 3 rings (SSSR count). The van der Waals surface area contributed by atoms with Crippen LogP contribution in [0.4, 0.5) is 5.82 Å². The number of carboxylic acids is 1. The summed E-state index contributed by atoms with van der Waals surface area (Å²) in [6.07, 6.45) is -5.73. The highest BCUT2D eigenvalue weighted by Gasteiger charge is 2.50. The second-order valence-corrected chi connectivity index (χ2v) is 20.4. The number of nitrogens with two attached hydrogens (primary N) is 1. The Balaban J connectivity index is 1.45. The van der Waals surface area contributed by atoms with Gasteiger partial charge in [-0.1, -0.05) is 25.6 Å². The molecule has 3 amide bonds. The van der Waals surface area contributed by atoms with E-state index in [1.807, 2.05) is 6.26 Å². The van der Waals surface area contributed by atoms with Crippen molar-refractivity contribution in [3.8, 4) is 0 Å². The van der Waals surface area contributed by atoms with Crippen molar-refractivity contribution in [1.82, 2.24) is 35.5 Å². The summed E-state index contributed by atoms with van der Waals surface area (Å²) in [6, 6.07) is -0.851. The molecule has 28 nitrogen and oxygen atoms in total. The highest BCUT2D eigenvalue weighted by molar-refractivity contribution is 8.13. The van der Waals surface area contributed by atoms with Crippen molar-refractivity contribution in [1.29, 1.82) is 0 Å². The number of aromatic nitrogens is 4. The topological polar surface area (TPSA) is 430 Å². The van der Waals surface area contributed by atoms with Gasteiger partial charge in [0.15, 0.2) is 17.7 Å². The summed E-state index contributed by atoms with van der Waals surface area (Å²) < 4.78 is 62.2. The van der Waals surface area contributed by atoms with Crippen LogP contribution in [-0.4, -0.2) is 158 Å². The maximum atomic E-state index is 12.7. The van der Waals surface area contributed by atoms with Gasteiger partial charge in [-0.25, -0.2) is 28.6 Å². The van der Waals surface area contributed by atoms with Gasteiger partial charge in [-0.05, 0) is 18.4 Å². The van der Waals surface area contributed by atoms with E-state index in [0.717, 1.165) is 29.0 Å². The number of carbonyl (C=O) groups is 5. The number of fused-ring (bicyclic) bond motifs is 1. The molecule has 3 heterocycles. The Morgan fingerprint density at radius 3 is 2.30 bits per heavy atom. The van der Waals surface area contributed by atoms with Crippen molar-refractivity contribution in [2.75, 3.05) is 49.8 Å². The maximum absolute atomic E-state index is 12.7. The molecule has 0 aromatic carbocycles. The first-order chi connectivity index (χ1) is 29.3. The van der Waals surface area contributed by atoms with E-state index in [1.54, 1.807) is 0 Å². The normalized spacial score (nSPS) is 20.9. The number of ether oxygens (including phenoxy) is 1. The Morgan fingerprint density at radius 2 is 1.65 bits per heavy atom. The van der Waals surface area contributed by atoms with Gasteiger partial charge < -0.3 is 61.3 Å². The van der Waals surface area contributed by atoms with E-state index in [4.69, 9.17) is 24.6 Å². The number of thioether (sulfide) groups is 2. The number of phosphoric ester groups is 3. The minimum atomic E-state index is -5.61. The van der Waals surface area contributed by atoms with E-state index >= 15 is 0 Å². The molecule has 1 saturated heterocycles. The number of phosphoric acid groups is 3. The lowest BCUT2D eigenvalue weighted by Gasteiger charge is -2.30. The number of aliphatic carboxylic acids is 1. The molecule has 2 aromatic rings. The van der Waals surface area contributed by atoms with E-state index in [-0.39, 0.29) is 60.2 Å². The lowest BCUT2D eigenvalue weighted by atomic mass is 9.87.